The molecule has 2 amide bonds. The molecular weight excluding hydrogens is 428 g/mol. The van der Waals surface area contributed by atoms with Gasteiger partial charge in [0.05, 0.1) is 5.69 Å². The maximum Gasteiger partial charge on any atom is 0.267 e. The van der Waals surface area contributed by atoms with Gasteiger partial charge < -0.3 is 10.6 Å². The number of benzene rings is 2. The Balaban J connectivity index is 1.96. The molecule has 2 N–H and O–H groups in total. The summed E-state index contributed by atoms with van der Waals surface area (Å²) < 4.78 is 1.20. The Kier molecular flexibility index (Phi) is 7.10. The minimum absolute atomic E-state index is 0.179. The van der Waals surface area contributed by atoms with Crippen molar-refractivity contribution in [2.45, 2.75) is 40.2 Å². The van der Waals surface area contributed by atoms with Crippen molar-refractivity contribution in [2.24, 2.45) is 0 Å². The van der Waals surface area contributed by atoms with Gasteiger partial charge in [-0.25, -0.2) is 4.68 Å². The number of hydrogen-bond acceptors (Lipinski definition) is 4. The number of nitrogens with zero attached hydrogens (tertiary/aromatic N) is 2. The van der Waals surface area contributed by atoms with Crippen LogP contribution >= 0.6 is 11.6 Å². The van der Waals surface area contributed by atoms with Crippen LogP contribution in [-0.4, -0.2) is 21.6 Å². The van der Waals surface area contributed by atoms with E-state index < -0.39 is 6.04 Å². The van der Waals surface area contributed by atoms with Crippen molar-refractivity contribution in [1.29, 1.82) is 0 Å². The number of halogens is 1. The van der Waals surface area contributed by atoms with Crippen molar-refractivity contribution in [3.05, 3.63) is 75.0 Å². The van der Waals surface area contributed by atoms with Crippen molar-refractivity contribution in [1.82, 2.24) is 9.78 Å². The molecule has 3 rings (SSSR count). The molecule has 0 aliphatic heterocycles. The van der Waals surface area contributed by atoms with Crippen LogP contribution in [0.5, 0.6) is 0 Å². The normalized spacial score (nSPS) is 11.7. The van der Waals surface area contributed by atoms with E-state index in [1.807, 2.05) is 32.9 Å². The third-order valence-electron chi connectivity index (χ3n) is 5.18. The Morgan fingerprint density at radius 1 is 1.06 bits per heavy atom. The summed E-state index contributed by atoms with van der Waals surface area (Å²) in [6.45, 7) is 6.96. The van der Waals surface area contributed by atoms with Crippen molar-refractivity contribution in [3.63, 3.8) is 0 Å². The first-order valence-corrected chi connectivity index (χ1v) is 10.6. The average Bonchev–Trinajstić information content (AvgIpc) is 2.74. The third-order valence-corrected chi connectivity index (χ3v) is 5.59. The second-order valence-electron chi connectivity index (χ2n) is 7.54. The molecule has 8 heteroatoms. The molecule has 32 heavy (non-hydrogen) atoms. The van der Waals surface area contributed by atoms with Gasteiger partial charge in [0, 0.05) is 35.0 Å². The van der Waals surface area contributed by atoms with E-state index in [-0.39, 0.29) is 17.4 Å². The Morgan fingerprint density at radius 3 is 2.50 bits per heavy atom. The highest BCUT2D eigenvalue weighted by Gasteiger charge is 2.22. The molecule has 0 spiro atoms. The summed E-state index contributed by atoms with van der Waals surface area (Å²) in [6, 6.07) is 13.0. The molecule has 0 fully saturated rings. The van der Waals surface area contributed by atoms with Gasteiger partial charge >= 0.3 is 0 Å². The number of carbonyl (C=O) groups excluding carboxylic acids is 2. The molecule has 0 saturated heterocycles. The SMILES string of the molecule is CC[C@@H](C(=O)Nc1cccc(Cl)c1C)n1nc(-c2ccc(C)c(NC(C)=O)c2)ccc1=O. The van der Waals surface area contributed by atoms with Gasteiger partial charge in [0.15, 0.2) is 0 Å². The Labute approximate surface area is 191 Å². The van der Waals surface area contributed by atoms with E-state index in [0.717, 1.165) is 11.1 Å². The molecule has 0 saturated carbocycles. The number of amides is 2. The van der Waals surface area contributed by atoms with Crippen LogP contribution < -0.4 is 16.2 Å². The molecule has 1 atom stereocenters. The van der Waals surface area contributed by atoms with Crippen molar-refractivity contribution < 1.29 is 9.59 Å². The molecule has 0 bridgehead atoms. The highest BCUT2D eigenvalue weighted by atomic mass is 35.5. The summed E-state index contributed by atoms with van der Waals surface area (Å²) in [5.41, 5.74) is 3.75. The fraction of sp³-hybridized carbons (Fsp3) is 0.250. The molecule has 0 radical (unpaired) electrons. The largest absolute Gasteiger partial charge is 0.326 e. The lowest BCUT2D eigenvalue weighted by Crippen LogP contribution is -2.34. The van der Waals surface area contributed by atoms with Gasteiger partial charge in [0.25, 0.3) is 5.56 Å². The number of hydrogen-bond donors (Lipinski definition) is 2. The van der Waals surface area contributed by atoms with Gasteiger partial charge in [-0.05, 0) is 55.7 Å². The molecule has 0 aliphatic rings. The zero-order chi connectivity index (χ0) is 23.4. The summed E-state index contributed by atoms with van der Waals surface area (Å²) in [5, 5.41) is 10.7. The molecular formula is C24H25ClN4O3. The quantitative estimate of drug-likeness (QED) is 0.565. The molecule has 0 aliphatic carbocycles. The molecule has 1 aromatic heterocycles. The second kappa shape index (κ2) is 9.78. The molecule has 2 aromatic carbocycles. The Hall–Kier alpha value is -3.45. The number of aromatic nitrogens is 2. The van der Waals surface area contributed by atoms with Crippen LogP contribution in [0.25, 0.3) is 11.3 Å². The zero-order valence-corrected chi connectivity index (χ0v) is 19.2. The highest BCUT2D eigenvalue weighted by Crippen LogP contribution is 2.26. The standard InChI is InChI=1S/C24H25ClN4O3/c1-5-22(24(32)27-19-8-6-7-18(25)15(19)3)29-23(31)12-11-20(28-29)17-10-9-14(2)21(13-17)26-16(4)30/h6-13,22H,5H2,1-4H3,(H,26,30)(H,27,32)/t22-/m0/s1. The summed E-state index contributed by atoms with van der Waals surface area (Å²) in [7, 11) is 0. The number of carbonyl (C=O) groups is 2. The van der Waals surface area contributed by atoms with Crippen LogP contribution in [-0.2, 0) is 9.59 Å². The predicted molar refractivity (Wildman–Crippen MR) is 127 cm³/mol. The minimum atomic E-state index is -0.805. The first kappa shape index (κ1) is 23.2. The van der Waals surface area contributed by atoms with Crippen molar-refractivity contribution in [3.8, 4) is 11.3 Å². The predicted octanol–water partition coefficient (Wildman–Crippen LogP) is 4.73. The number of anilines is 2. The van der Waals surface area contributed by atoms with E-state index >= 15 is 0 Å². The molecule has 166 valence electrons. The van der Waals surface area contributed by atoms with Gasteiger partial charge in [0.2, 0.25) is 11.8 Å². The summed E-state index contributed by atoms with van der Waals surface area (Å²) in [4.78, 5) is 37.1. The van der Waals surface area contributed by atoms with Gasteiger partial charge in [-0.3, -0.25) is 14.4 Å². The van der Waals surface area contributed by atoms with E-state index in [4.69, 9.17) is 11.6 Å². The van der Waals surface area contributed by atoms with Crippen molar-refractivity contribution in [2.75, 3.05) is 10.6 Å². The van der Waals surface area contributed by atoms with Gasteiger partial charge in [-0.15, -0.1) is 0 Å². The smallest absolute Gasteiger partial charge is 0.267 e. The lowest BCUT2D eigenvalue weighted by atomic mass is 10.1. The Bertz CT molecular complexity index is 1240. The molecule has 7 nitrogen and oxygen atoms in total. The van der Waals surface area contributed by atoms with E-state index in [2.05, 4.69) is 15.7 Å². The van der Waals surface area contributed by atoms with Crippen LogP contribution in [0.4, 0.5) is 11.4 Å². The first-order chi connectivity index (χ1) is 15.2. The first-order valence-electron chi connectivity index (χ1n) is 10.3. The van der Waals surface area contributed by atoms with Crippen LogP contribution in [0.2, 0.25) is 5.02 Å². The summed E-state index contributed by atoms with van der Waals surface area (Å²) in [5.74, 6) is -0.533. The maximum absolute atomic E-state index is 13.0. The monoisotopic (exact) mass is 452 g/mol. The van der Waals surface area contributed by atoms with Gasteiger partial charge in [-0.2, -0.15) is 5.10 Å². The Morgan fingerprint density at radius 2 is 1.81 bits per heavy atom. The number of nitrogens with one attached hydrogen (secondary N) is 2. The van der Waals surface area contributed by atoms with Gasteiger partial charge in [-0.1, -0.05) is 36.7 Å². The lowest BCUT2D eigenvalue weighted by molar-refractivity contribution is -0.119. The van der Waals surface area contributed by atoms with Crippen LogP contribution in [0.1, 0.15) is 37.4 Å². The van der Waals surface area contributed by atoms with Crippen LogP contribution in [0.15, 0.2) is 53.3 Å². The highest BCUT2D eigenvalue weighted by molar-refractivity contribution is 6.31. The van der Waals surface area contributed by atoms with E-state index in [1.165, 1.54) is 17.7 Å². The lowest BCUT2D eigenvalue weighted by Gasteiger charge is -2.19. The van der Waals surface area contributed by atoms with E-state index in [9.17, 15) is 14.4 Å². The second-order valence-corrected chi connectivity index (χ2v) is 7.95. The minimum Gasteiger partial charge on any atom is -0.326 e. The molecule has 1 heterocycles. The zero-order valence-electron chi connectivity index (χ0n) is 18.4. The fourth-order valence-electron chi connectivity index (χ4n) is 3.34. The van der Waals surface area contributed by atoms with Crippen LogP contribution in [0.3, 0.4) is 0 Å². The number of rotatable bonds is 6. The molecule has 0 unspecified atom stereocenters. The summed E-state index contributed by atoms with van der Waals surface area (Å²) >= 11 is 6.15. The number of aryl methyl sites for hydroxylation is 1. The average molecular weight is 453 g/mol. The van der Waals surface area contributed by atoms with Gasteiger partial charge in [0.1, 0.15) is 6.04 Å². The van der Waals surface area contributed by atoms with Crippen molar-refractivity contribution >= 4 is 34.8 Å². The molecule has 3 aromatic rings. The van der Waals surface area contributed by atoms with E-state index in [1.54, 1.807) is 30.3 Å². The fourth-order valence-corrected chi connectivity index (χ4v) is 3.51. The van der Waals surface area contributed by atoms with E-state index in [0.29, 0.717) is 34.1 Å². The maximum atomic E-state index is 13.0. The topological polar surface area (TPSA) is 93.1 Å². The third kappa shape index (κ3) is 5.06. The van der Waals surface area contributed by atoms with Crippen LogP contribution in [0, 0.1) is 13.8 Å². The summed E-state index contributed by atoms with van der Waals surface area (Å²) in [6.07, 6.45) is 0.368.